The van der Waals surface area contributed by atoms with Crippen LogP contribution in [0.2, 0.25) is 0 Å². The van der Waals surface area contributed by atoms with Crippen LogP contribution in [0.5, 0.6) is 0 Å². The summed E-state index contributed by atoms with van der Waals surface area (Å²) in [6.45, 7) is 14.5. The molecule has 1 rings (SSSR count). The smallest absolute Gasteiger partial charge is 0.191 e. The monoisotopic (exact) mass is 466 g/mol. The Morgan fingerprint density at radius 1 is 1.32 bits per heavy atom. The molecule has 6 nitrogen and oxygen atoms in total. The Hall–Kier alpha value is -0.800. The molecule has 0 atom stereocenters. The summed E-state index contributed by atoms with van der Waals surface area (Å²) in [5, 5.41) is 6.68. The number of ether oxygens (including phenoxy) is 1. The second-order valence-electron chi connectivity index (χ2n) is 5.90. The first-order valence-electron chi connectivity index (χ1n) is 9.03. The molecule has 0 bridgehead atoms. The Morgan fingerprint density at radius 3 is 2.72 bits per heavy atom. The van der Waals surface area contributed by atoms with Crippen LogP contribution in [-0.4, -0.2) is 56.2 Å². The van der Waals surface area contributed by atoms with Gasteiger partial charge in [0.25, 0.3) is 0 Å². The number of likely N-dealkylation sites (N-methyl/N-ethyl adjacent to an activating group) is 1. The third-order valence-corrected chi connectivity index (χ3v) is 3.71. The van der Waals surface area contributed by atoms with E-state index in [1.54, 1.807) is 6.26 Å². The molecule has 7 heteroatoms. The van der Waals surface area contributed by atoms with Crippen LogP contribution >= 0.6 is 24.0 Å². The second kappa shape index (κ2) is 15.5. The summed E-state index contributed by atoms with van der Waals surface area (Å²) in [4.78, 5) is 7.02. The summed E-state index contributed by atoms with van der Waals surface area (Å²) < 4.78 is 10.8. The molecule has 0 aromatic carbocycles. The zero-order valence-corrected chi connectivity index (χ0v) is 18.4. The van der Waals surface area contributed by atoms with Gasteiger partial charge in [0.05, 0.1) is 6.26 Å². The quantitative estimate of drug-likeness (QED) is 0.215. The molecule has 0 aliphatic rings. The molecule has 0 saturated heterocycles. The molecule has 0 saturated carbocycles. The largest absolute Gasteiger partial charge is 0.467 e. The molecule has 0 aliphatic heterocycles. The first-order chi connectivity index (χ1) is 11.7. The maximum absolute atomic E-state index is 5.56. The van der Waals surface area contributed by atoms with Gasteiger partial charge in [0.2, 0.25) is 0 Å². The average Bonchev–Trinajstić information content (AvgIpc) is 3.07. The van der Waals surface area contributed by atoms with Gasteiger partial charge < -0.3 is 19.8 Å². The summed E-state index contributed by atoms with van der Waals surface area (Å²) in [5.41, 5.74) is 0. The van der Waals surface area contributed by atoms with Gasteiger partial charge in [-0.3, -0.25) is 9.89 Å². The SMILES string of the molecule is CCNC(=NCCCOCc1ccco1)NCCN(CC)C(C)C.I. The van der Waals surface area contributed by atoms with Crippen LogP contribution in [-0.2, 0) is 11.3 Å². The number of halogens is 1. The van der Waals surface area contributed by atoms with Crippen LogP contribution in [0.4, 0.5) is 0 Å². The lowest BCUT2D eigenvalue weighted by atomic mass is 10.3. The topological polar surface area (TPSA) is 62.0 Å². The molecule has 0 aliphatic carbocycles. The number of aliphatic imine (C=N–C) groups is 1. The van der Waals surface area contributed by atoms with Crippen LogP contribution in [0.15, 0.2) is 27.8 Å². The lowest BCUT2D eigenvalue weighted by Crippen LogP contribution is -2.43. The van der Waals surface area contributed by atoms with Crippen molar-refractivity contribution in [3.63, 3.8) is 0 Å². The number of nitrogens with one attached hydrogen (secondary N) is 2. The zero-order chi connectivity index (χ0) is 17.6. The van der Waals surface area contributed by atoms with Crippen LogP contribution in [0.3, 0.4) is 0 Å². The van der Waals surface area contributed by atoms with Gasteiger partial charge in [-0.15, -0.1) is 24.0 Å². The van der Waals surface area contributed by atoms with Crippen LogP contribution in [0.1, 0.15) is 39.9 Å². The Kier molecular flexibility index (Phi) is 15.0. The first kappa shape index (κ1) is 24.2. The molecule has 0 amide bonds. The van der Waals surface area contributed by atoms with E-state index in [9.17, 15) is 0 Å². The van der Waals surface area contributed by atoms with Crippen molar-refractivity contribution in [2.24, 2.45) is 4.99 Å². The highest BCUT2D eigenvalue weighted by Gasteiger charge is 2.06. The molecule has 146 valence electrons. The summed E-state index contributed by atoms with van der Waals surface area (Å²) in [7, 11) is 0. The minimum Gasteiger partial charge on any atom is -0.467 e. The summed E-state index contributed by atoms with van der Waals surface area (Å²) in [6, 6.07) is 4.36. The lowest BCUT2D eigenvalue weighted by molar-refractivity contribution is 0.105. The van der Waals surface area contributed by atoms with E-state index in [0.717, 1.165) is 50.9 Å². The zero-order valence-electron chi connectivity index (χ0n) is 16.1. The van der Waals surface area contributed by atoms with Gasteiger partial charge in [-0.1, -0.05) is 6.92 Å². The summed E-state index contributed by atoms with van der Waals surface area (Å²) in [5.74, 6) is 1.74. The Bertz CT molecular complexity index is 438. The van der Waals surface area contributed by atoms with Crippen molar-refractivity contribution in [2.75, 3.05) is 39.3 Å². The van der Waals surface area contributed by atoms with Crippen LogP contribution in [0, 0.1) is 0 Å². The van der Waals surface area contributed by atoms with E-state index < -0.39 is 0 Å². The third kappa shape index (κ3) is 11.4. The van der Waals surface area contributed by atoms with Crippen molar-refractivity contribution >= 4 is 29.9 Å². The molecule has 25 heavy (non-hydrogen) atoms. The van der Waals surface area contributed by atoms with Gasteiger partial charge in [0.1, 0.15) is 12.4 Å². The fraction of sp³-hybridized carbons (Fsp3) is 0.722. The van der Waals surface area contributed by atoms with Gasteiger partial charge >= 0.3 is 0 Å². The first-order valence-corrected chi connectivity index (χ1v) is 9.03. The highest BCUT2D eigenvalue weighted by Crippen LogP contribution is 2.01. The number of nitrogens with zero attached hydrogens (tertiary/aromatic N) is 2. The number of guanidine groups is 1. The van der Waals surface area contributed by atoms with E-state index in [0.29, 0.717) is 19.3 Å². The Morgan fingerprint density at radius 2 is 2.12 bits per heavy atom. The molecule has 0 radical (unpaired) electrons. The molecule has 2 N–H and O–H groups in total. The van der Waals surface area contributed by atoms with E-state index in [1.165, 1.54) is 0 Å². The van der Waals surface area contributed by atoms with E-state index in [2.05, 4.69) is 48.2 Å². The van der Waals surface area contributed by atoms with Gasteiger partial charge in [0.15, 0.2) is 5.96 Å². The van der Waals surface area contributed by atoms with Crippen molar-refractivity contribution < 1.29 is 9.15 Å². The fourth-order valence-electron chi connectivity index (χ4n) is 2.37. The average molecular weight is 466 g/mol. The van der Waals surface area contributed by atoms with E-state index in [-0.39, 0.29) is 24.0 Å². The van der Waals surface area contributed by atoms with Crippen LogP contribution < -0.4 is 10.6 Å². The van der Waals surface area contributed by atoms with Crippen molar-refractivity contribution in [1.29, 1.82) is 0 Å². The molecular weight excluding hydrogens is 431 g/mol. The van der Waals surface area contributed by atoms with E-state index in [4.69, 9.17) is 9.15 Å². The number of furan rings is 1. The molecule has 0 spiro atoms. The highest BCUT2D eigenvalue weighted by atomic mass is 127. The summed E-state index contributed by atoms with van der Waals surface area (Å²) >= 11 is 0. The molecular formula is C18H35IN4O2. The Labute approximate surface area is 169 Å². The highest BCUT2D eigenvalue weighted by molar-refractivity contribution is 14.0. The number of hydrogen-bond donors (Lipinski definition) is 2. The second-order valence-corrected chi connectivity index (χ2v) is 5.90. The van der Waals surface area contributed by atoms with Crippen molar-refractivity contribution in [3.05, 3.63) is 24.2 Å². The van der Waals surface area contributed by atoms with Gasteiger partial charge in [-0.2, -0.15) is 0 Å². The summed E-state index contributed by atoms with van der Waals surface area (Å²) in [6.07, 6.45) is 2.56. The minimum atomic E-state index is 0. The molecule has 0 unspecified atom stereocenters. The van der Waals surface area contributed by atoms with E-state index in [1.807, 2.05) is 12.1 Å². The standard InChI is InChI=1S/C18H34N4O2.HI/c1-5-19-18(21-11-12-22(6-2)16(3)4)20-10-8-13-23-15-17-9-7-14-24-17;/h7,9,14,16H,5-6,8,10-13,15H2,1-4H3,(H2,19,20,21);1H. The van der Waals surface area contributed by atoms with Crippen LogP contribution in [0.25, 0.3) is 0 Å². The number of rotatable bonds is 12. The molecule has 1 aromatic heterocycles. The molecule has 0 fully saturated rings. The predicted octanol–water partition coefficient (Wildman–Crippen LogP) is 3.09. The molecule has 1 heterocycles. The maximum atomic E-state index is 5.56. The van der Waals surface area contributed by atoms with Gasteiger partial charge in [-0.05, 0) is 45.9 Å². The van der Waals surface area contributed by atoms with Gasteiger partial charge in [-0.25, -0.2) is 0 Å². The maximum Gasteiger partial charge on any atom is 0.191 e. The number of hydrogen-bond acceptors (Lipinski definition) is 4. The minimum absolute atomic E-state index is 0. The Balaban J connectivity index is 0.00000576. The van der Waals surface area contributed by atoms with Crippen molar-refractivity contribution in [1.82, 2.24) is 15.5 Å². The molecule has 1 aromatic rings. The third-order valence-electron chi connectivity index (χ3n) is 3.71. The normalized spacial score (nSPS) is 11.7. The fourth-order valence-corrected chi connectivity index (χ4v) is 2.37. The lowest BCUT2D eigenvalue weighted by Gasteiger charge is -2.25. The van der Waals surface area contributed by atoms with Crippen molar-refractivity contribution in [2.45, 2.75) is 46.8 Å². The van der Waals surface area contributed by atoms with E-state index >= 15 is 0 Å². The van der Waals surface area contributed by atoms with Gasteiger partial charge in [0, 0.05) is 38.8 Å². The predicted molar refractivity (Wildman–Crippen MR) is 115 cm³/mol. The van der Waals surface area contributed by atoms with Crippen molar-refractivity contribution in [3.8, 4) is 0 Å².